The van der Waals surface area contributed by atoms with Crippen LogP contribution in [0.4, 0.5) is 5.82 Å². The summed E-state index contributed by atoms with van der Waals surface area (Å²) < 4.78 is 5.54. The highest BCUT2D eigenvalue weighted by Gasteiger charge is 2.29. The van der Waals surface area contributed by atoms with Crippen LogP contribution in [0.1, 0.15) is 38.5 Å². The molecule has 136 valence electrons. The minimum absolute atomic E-state index is 0.0305. The number of pyridine rings is 1. The van der Waals surface area contributed by atoms with E-state index in [2.05, 4.69) is 15.2 Å². The lowest BCUT2D eigenvalue weighted by atomic mass is 10.1. The van der Waals surface area contributed by atoms with Crippen LogP contribution in [-0.2, 0) is 14.3 Å². The van der Waals surface area contributed by atoms with E-state index in [1.54, 1.807) is 6.20 Å². The molecule has 6 nitrogen and oxygen atoms in total. The van der Waals surface area contributed by atoms with Crippen molar-refractivity contribution in [3.05, 3.63) is 23.4 Å². The Morgan fingerprint density at radius 3 is 2.64 bits per heavy atom. The Morgan fingerprint density at radius 2 is 2.00 bits per heavy atom. The van der Waals surface area contributed by atoms with Crippen LogP contribution in [0.3, 0.4) is 0 Å². The van der Waals surface area contributed by atoms with E-state index in [4.69, 9.17) is 16.3 Å². The number of hydrogen-bond donors (Lipinski definition) is 1. The maximum absolute atomic E-state index is 11.9. The van der Waals surface area contributed by atoms with Crippen molar-refractivity contribution >= 4 is 29.3 Å². The van der Waals surface area contributed by atoms with Crippen molar-refractivity contribution in [1.82, 2.24) is 10.3 Å². The van der Waals surface area contributed by atoms with Crippen LogP contribution < -0.4 is 10.2 Å². The first-order chi connectivity index (χ1) is 12.1. The van der Waals surface area contributed by atoms with Gasteiger partial charge >= 0.3 is 5.97 Å². The number of carbonyl (C=O) groups excluding carboxylic acids is 2. The molecule has 0 aromatic carbocycles. The number of aromatic nitrogens is 1. The van der Waals surface area contributed by atoms with Crippen molar-refractivity contribution in [2.45, 2.75) is 44.6 Å². The van der Waals surface area contributed by atoms with Gasteiger partial charge in [0.1, 0.15) is 11.9 Å². The van der Waals surface area contributed by atoms with Gasteiger partial charge in [-0.1, -0.05) is 11.6 Å². The number of anilines is 1. The number of nitrogens with zero attached hydrogens (tertiary/aromatic N) is 2. The molecule has 25 heavy (non-hydrogen) atoms. The second kappa shape index (κ2) is 8.52. The highest BCUT2D eigenvalue weighted by atomic mass is 35.5. The first-order valence-corrected chi connectivity index (χ1v) is 9.33. The van der Waals surface area contributed by atoms with Crippen molar-refractivity contribution in [2.75, 3.05) is 24.5 Å². The Hall–Kier alpha value is -1.82. The number of nitrogens with one attached hydrogen (secondary N) is 1. The van der Waals surface area contributed by atoms with Gasteiger partial charge in [0.25, 0.3) is 0 Å². The van der Waals surface area contributed by atoms with Crippen molar-refractivity contribution in [2.24, 2.45) is 5.92 Å². The SMILES string of the molecule is O=C(CCCNC(=O)C1CC1)OC1CCN(c2ccc(Cl)cn2)CC1. The highest BCUT2D eigenvalue weighted by Crippen LogP contribution is 2.28. The van der Waals surface area contributed by atoms with Gasteiger partial charge in [-0.3, -0.25) is 9.59 Å². The third-order valence-electron chi connectivity index (χ3n) is 4.58. The third kappa shape index (κ3) is 5.59. The summed E-state index contributed by atoms with van der Waals surface area (Å²) in [5.74, 6) is 1.06. The summed E-state index contributed by atoms with van der Waals surface area (Å²) in [6, 6.07) is 3.74. The Morgan fingerprint density at radius 1 is 1.24 bits per heavy atom. The lowest BCUT2D eigenvalue weighted by molar-refractivity contribution is -0.150. The topological polar surface area (TPSA) is 71.5 Å². The Bertz CT molecular complexity index is 596. The largest absolute Gasteiger partial charge is 0.462 e. The summed E-state index contributed by atoms with van der Waals surface area (Å²) in [5.41, 5.74) is 0. The molecular weight excluding hydrogens is 342 g/mol. The quantitative estimate of drug-likeness (QED) is 0.594. The predicted octanol–water partition coefficient (Wildman–Crippen LogP) is 2.55. The molecule has 1 N–H and O–H groups in total. The van der Waals surface area contributed by atoms with Gasteiger partial charge in [-0.15, -0.1) is 0 Å². The smallest absolute Gasteiger partial charge is 0.306 e. The maximum Gasteiger partial charge on any atom is 0.306 e. The average molecular weight is 366 g/mol. The standard InChI is InChI=1S/C18H24ClN3O3/c19-14-5-6-16(21-12-14)22-10-7-15(8-11-22)25-17(23)2-1-9-20-18(24)13-3-4-13/h5-6,12-13,15H,1-4,7-11H2,(H,20,24). The number of hydrogen-bond acceptors (Lipinski definition) is 5. The van der Waals surface area contributed by atoms with Crippen molar-refractivity contribution in [3.8, 4) is 0 Å². The second-order valence-electron chi connectivity index (χ2n) is 6.68. The highest BCUT2D eigenvalue weighted by molar-refractivity contribution is 6.30. The van der Waals surface area contributed by atoms with Crippen molar-refractivity contribution < 1.29 is 14.3 Å². The Kier molecular flexibility index (Phi) is 6.13. The van der Waals surface area contributed by atoms with Gasteiger partial charge in [0, 0.05) is 51.0 Å². The number of ether oxygens (including phenoxy) is 1. The molecule has 1 saturated heterocycles. The van der Waals surface area contributed by atoms with Gasteiger partial charge in [-0.25, -0.2) is 4.98 Å². The fourth-order valence-electron chi connectivity index (χ4n) is 2.94. The molecule has 2 aliphatic rings. The predicted molar refractivity (Wildman–Crippen MR) is 95.5 cm³/mol. The molecule has 0 atom stereocenters. The van der Waals surface area contributed by atoms with Gasteiger partial charge in [-0.05, 0) is 31.4 Å². The molecule has 1 aliphatic heterocycles. The number of rotatable bonds is 7. The lowest BCUT2D eigenvalue weighted by Crippen LogP contribution is -2.38. The van der Waals surface area contributed by atoms with E-state index in [9.17, 15) is 9.59 Å². The summed E-state index contributed by atoms with van der Waals surface area (Å²) >= 11 is 5.86. The monoisotopic (exact) mass is 365 g/mol. The zero-order chi connectivity index (χ0) is 17.6. The molecule has 1 aromatic rings. The van der Waals surface area contributed by atoms with Crippen LogP contribution in [0.5, 0.6) is 0 Å². The molecule has 0 radical (unpaired) electrons. The van der Waals surface area contributed by atoms with E-state index in [0.717, 1.165) is 44.6 Å². The molecule has 1 aliphatic carbocycles. The number of piperidine rings is 1. The fourth-order valence-corrected chi connectivity index (χ4v) is 3.05. The first-order valence-electron chi connectivity index (χ1n) is 8.95. The summed E-state index contributed by atoms with van der Waals surface area (Å²) in [6.45, 7) is 2.17. The lowest BCUT2D eigenvalue weighted by Gasteiger charge is -2.32. The van der Waals surface area contributed by atoms with E-state index in [-0.39, 0.29) is 23.9 Å². The van der Waals surface area contributed by atoms with Gasteiger partial charge in [-0.2, -0.15) is 0 Å². The second-order valence-corrected chi connectivity index (χ2v) is 7.12. The van der Waals surface area contributed by atoms with Gasteiger partial charge < -0.3 is 15.0 Å². The summed E-state index contributed by atoms with van der Waals surface area (Å²) in [7, 11) is 0. The number of esters is 1. The molecule has 3 rings (SSSR count). The van der Waals surface area contributed by atoms with E-state index < -0.39 is 0 Å². The van der Waals surface area contributed by atoms with E-state index in [0.29, 0.717) is 24.4 Å². The minimum atomic E-state index is -0.177. The number of carbonyl (C=O) groups is 2. The number of amides is 1. The molecule has 1 aromatic heterocycles. The van der Waals surface area contributed by atoms with Crippen LogP contribution in [0.15, 0.2) is 18.3 Å². The third-order valence-corrected chi connectivity index (χ3v) is 4.80. The zero-order valence-corrected chi connectivity index (χ0v) is 15.0. The van der Waals surface area contributed by atoms with Crippen LogP contribution in [-0.4, -0.2) is 42.6 Å². The molecule has 0 spiro atoms. The molecular formula is C18H24ClN3O3. The summed E-state index contributed by atoms with van der Waals surface area (Å²) in [5, 5.41) is 3.49. The van der Waals surface area contributed by atoms with Crippen LogP contribution in [0.25, 0.3) is 0 Å². The Labute approximate surface area is 152 Å². The Balaban J connectivity index is 1.30. The van der Waals surface area contributed by atoms with Crippen LogP contribution >= 0.6 is 11.6 Å². The van der Waals surface area contributed by atoms with E-state index in [1.807, 2.05) is 12.1 Å². The van der Waals surface area contributed by atoms with E-state index >= 15 is 0 Å². The molecule has 2 heterocycles. The maximum atomic E-state index is 11.9. The normalized spacial score (nSPS) is 18.0. The minimum Gasteiger partial charge on any atom is -0.462 e. The average Bonchev–Trinajstić information content (AvgIpc) is 3.45. The van der Waals surface area contributed by atoms with Crippen molar-refractivity contribution in [3.63, 3.8) is 0 Å². The van der Waals surface area contributed by atoms with Crippen LogP contribution in [0.2, 0.25) is 5.02 Å². The summed E-state index contributed by atoms with van der Waals surface area (Å²) in [4.78, 5) is 29.9. The molecule has 7 heteroatoms. The molecule has 0 unspecified atom stereocenters. The number of halogens is 1. The first kappa shape index (κ1) is 18.0. The molecule has 0 bridgehead atoms. The van der Waals surface area contributed by atoms with Crippen LogP contribution in [0, 0.1) is 5.92 Å². The van der Waals surface area contributed by atoms with Gasteiger partial charge in [0.05, 0.1) is 5.02 Å². The van der Waals surface area contributed by atoms with E-state index in [1.165, 1.54) is 0 Å². The molecule has 2 fully saturated rings. The summed E-state index contributed by atoms with van der Waals surface area (Å²) in [6.07, 6.45) is 6.19. The van der Waals surface area contributed by atoms with Gasteiger partial charge in [0.15, 0.2) is 0 Å². The van der Waals surface area contributed by atoms with Crippen molar-refractivity contribution in [1.29, 1.82) is 0 Å². The zero-order valence-electron chi connectivity index (χ0n) is 14.2. The fraction of sp³-hybridized carbons (Fsp3) is 0.611. The molecule has 1 amide bonds. The molecule has 1 saturated carbocycles. The van der Waals surface area contributed by atoms with Gasteiger partial charge in [0.2, 0.25) is 5.91 Å².